The van der Waals surface area contributed by atoms with Crippen molar-refractivity contribution in [2.24, 2.45) is 0 Å². The van der Waals surface area contributed by atoms with Gasteiger partial charge in [0.1, 0.15) is 0 Å². The minimum atomic E-state index is -0.929. The summed E-state index contributed by atoms with van der Waals surface area (Å²) >= 11 is 5.81. The maximum Gasteiger partial charge on any atom is 0.339 e. The average molecular weight is 354 g/mol. The first-order valence-electron chi connectivity index (χ1n) is 7.80. The standard InChI is InChI=1S/C20H16ClNO3/c1-13(19(23)22-16-11-9-15(21)10-12-16)25-20(24)18-8-4-6-14-5-2-3-7-17(14)18/h2-13H,1H3,(H,22,23). The molecule has 0 spiro atoms. The second-order valence-corrected chi connectivity index (χ2v) is 6.01. The van der Waals surface area contributed by atoms with Crippen LogP contribution in [0.4, 0.5) is 5.69 Å². The molecule has 1 unspecified atom stereocenters. The van der Waals surface area contributed by atoms with Crippen molar-refractivity contribution in [3.8, 4) is 0 Å². The number of carbonyl (C=O) groups excluding carboxylic acids is 2. The summed E-state index contributed by atoms with van der Waals surface area (Å²) in [5.41, 5.74) is 1.02. The fourth-order valence-corrected chi connectivity index (χ4v) is 2.58. The molecule has 3 aromatic carbocycles. The lowest BCUT2D eigenvalue weighted by molar-refractivity contribution is -0.123. The van der Waals surface area contributed by atoms with Gasteiger partial charge in [0, 0.05) is 10.7 Å². The summed E-state index contributed by atoms with van der Waals surface area (Å²) < 4.78 is 5.33. The number of carbonyl (C=O) groups is 2. The Morgan fingerprint density at radius 1 is 0.960 bits per heavy atom. The molecule has 0 aliphatic rings. The Kier molecular flexibility index (Phi) is 5.00. The second-order valence-electron chi connectivity index (χ2n) is 5.57. The molecular formula is C20H16ClNO3. The molecule has 3 rings (SSSR count). The summed E-state index contributed by atoms with van der Waals surface area (Å²) in [5, 5.41) is 5.00. The number of amides is 1. The number of nitrogens with one attached hydrogen (secondary N) is 1. The van der Waals surface area contributed by atoms with Gasteiger partial charge in [-0.15, -0.1) is 0 Å². The van der Waals surface area contributed by atoms with Crippen LogP contribution in [0.2, 0.25) is 5.02 Å². The van der Waals surface area contributed by atoms with Crippen LogP contribution in [0.3, 0.4) is 0 Å². The molecule has 126 valence electrons. The molecule has 4 nitrogen and oxygen atoms in total. The highest BCUT2D eigenvalue weighted by Gasteiger charge is 2.20. The highest BCUT2D eigenvalue weighted by Crippen LogP contribution is 2.20. The predicted molar refractivity (Wildman–Crippen MR) is 98.9 cm³/mol. The second kappa shape index (κ2) is 7.36. The van der Waals surface area contributed by atoms with E-state index in [4.69, 9.17) is 16.3 Å². The number of hydrogen-bond acceptors (Lipinski definition) is 3. The third-order valence-corrected chi connectivity index (χ3v) is 4.03. The van der Waals surface area contributed by atoms with E-state index in [9.17, 15) is 9.59 Å². The normalized spacial score (nSPS) is 11.8. The average Bonchev–Trinajstić information content (AvgIpc) is 2.63. The van der Waals surface area contributed by atoms with Gasteiger partial charge in [-0.05, 0) is 48.0 Å². The molecule has 0 heterocycles. The van der Waals surface area contributed by atoms with Crippen LogP contribution in [0, 0.1) is 0 Å². The van der Waals surface area contributed by atoms with Gasteiger partial charge >= 0.3 is 5.97 Å². The van der Waals surface area contributed by atoms with Gasteiger partial charge < -0.3 is 10.1 Å². The molecule has 1 N–H and O–H groups in total. The molecule has 0 aliphatic carbocycles. The zero-order valence-corrected chi connectivity index (χ0v) is 14.3. The smallest absolute Gasteiger partial charge is 0.339 e. The molecule has 0 aromatic heterocycles. The van der Waals surface area contributed by atoms with E-state index in [-0.39, 0.29) is 0 Å². The third-order valence-electron chi connectivity index (χ3n) is 3.77. The van der Waals surface area contributed by atoms with E-state index in [0.717, 1.165) is 10.8 Å². The van der Waals surface area contributed by atoms with E-state index >= 15 is 0 Å². The lowest BCUT2D eigenvalue weighted by atomic mass is 10.0. The van der Waals surface area contributed by atoms with Gasteiger partial charge in [0.25, 0.3) is 5.91 Å². The highest BCUT2D eigenvalue weighted by molar-refractivity contribution is 6.30. The molecule has 25 heavy (non-hydrogen) atoms. The maximum atomic E-state index is 12.5. The first-order valence-corrected chi connectivity index (χ1v) is 8.17. The fourth-order valence-electron chi connectivity index (χ4n) is 2.46. The Morgan fingerprint density at radius 3 is 2.40 bits per heavy atom. The van der Waals surface area contributed by atoms with Gasteiger partial charge in [-0.25, -0.2) is 4.79 Å². The van der Waals surface area contributed by atoms with Crippen LogP contribution in [-0.2, 0) is 9.53 Å². The van der Waals surface area contributed by atoms with Crippen LogP contribution in [0.15, 0.2) is 66.7 Å². The van der Waals surface area contributed by atoms with Crippen LogP contribution in [-0.4, -0.2) is 18.0 Å². The first kappa shape index (κ1) is 17.0. The quantitative estimate of drug-likeness (QED) is 0.693. The number of esters is 1. The molecule has 0 saturated carbocycles. The zero-order valence-electron chi connectivity index (χ0n) is 13.5. The van der Waals surface area contributed by atoms with Crippen LogP contribution in [0.5, 0.6) is 0 Å². The molecule has 0 bridgehead atoms. The number of fused-ring (bicyclic) bond motifs is 1. The number of ether oxygens (including phenoxy) is 1. The summed E-state index contributed by atoms with van der Waals surface area (Å²) in [5.74, 6) is -0.938. The van der Waals surface area contributed by atoms with E-state index in [2.05, 4.69) is 5.32 Å². The van der Waals surface area contributed by atoms with E-state index < -0.39 is 18.0 Å². The first-order chi connectivity index (χ1) is 12.0. The number of benzene rings is 3. The van der Waals surface area contributed by atoms with E-state index in [1.54, 1.807) is 36.4 Å². The molecule has 5 heteroatoms. The predicted octanol–water partition coefficient (Wildman–Crippen LogP) is 4.68. The lowest BCUT2D eigenvalue weighted by Crippen LogP contribution is -2.30. The van der Waals surface area contributed by atoms with Crippen LogP contribution < -0.4 is 5.32 Å². The number of rotatable bonds is 4. The van der Waals surface area contributed by atoms with Gasteiger partial charge in [0.05, 0.1) is 5.56 Å². The zero-order chi connectivity index (χ0) is 17.8. The van der Waals surface area contributed by atoms with Crippen molar-refractivity contribution >= 4 is 39.9 Å². The molecule has 1 atom stereocenters. The van der Waals surface area contributed by atoms with Crippen molar-refractivity contribution < 1.29 is 14.3 Å². The topological polar surface area (TPSA) is 55.4 Å². The Bertz CT molecular complexity index is 916. The van der Waals surface area contributed by atoms with Gasteiger partial charge in [-0.2, -0.15) is 0 Å². The van der Waals surface area contributed by atoms with Crippen molar-refractivity contribution in [2.45, 2.75) is 13.0 Å². The number of hydrogen-bond donors (Lipinski definition) is 1. The molecule has 0 radical (unpaired) electrons. The maximum absolute atomic E-state index is 12.5. The van der Waals surface area contributed by atoms with Gasteiger partial charge in [0.15, 0.2) is 6.10 Å². The van der Waals surface area contributed by atoms with Gasteiger partial charge in [-0.1, -0.05) is 48.0 Å². The fraction of sp³-hybridized carbons (Fsp3) is 0.100. The van der Waals surface area contributed by atoms with Crippen LogP contribution in [0.1, 0.15) is 17.3 Å². The van der Waals surface area contributed by atoms with Crippen LogP contribution in [0.25, 0.3) is 10.8 Å². The molecule has 3 aromatic rings. The molecule has 1 amide bonds. The molecular weight excluding hydrogens is 338 g/mol. The minimum Gasteiger partial charge on any atom is -0.449 e. The lowest BCUT2D eigenvalue weighted by Gasteiger charge is -2.14. The van der Waals surface area contributed by atoms with E-state index in [0.29, 0.717) is 16.3 Å². The monoisotopic (exact) mass is 353 g/mol. The minimum absolute atomic E-state index is 0.407. The van der Waals surface area contributed by atoms with Gasteiger partial charge in [0.2, 0.25) is 0 Å². The van der Waals surface area contributed by atoms with Crippen molar-refractivity contribution in [3.05, 3.63) is 77.3 Å². The SMILES string of the molecule is CC(OC(=O)c1cccc2ccccc12)C(=O)Nc1ccc(Cl)cc1. The highest BCUT2D eigenvalue weighted by atomic mass is 35.5. The molecule has 0 aliphatic heterocycles. The molecule has 0 saturated heterocycles. The van der Waals surface area contributed by atoms with Crippen molar-refractivity contribution in [3.63, 3.8) is 0 Å². The van der Waals surface area contributed by atoms with E-state index in [1.807, 2.05) is 30.3 Å². The molecule has 0 fully saturated rings. The Balaban J connectivity index is 1.71. The number of anilines is 1. The summed E-state index contributed by atoms with van der Waals surface area (Å²) in [6.07, 6.45) is -0.929. The Labute approximate surface area is 150 Å². The van der Waals surface area contributed by atoms with Crippen molar-refractivity contribution in [1.82, 2.24) is 0 Å². The summed E-state index contributed by atoms with van der Waals surface area (Å²) in [4.78, 5) is 24.7. The summed E-state index contributed by atoms with van der Waals surface area (Å²) in [6, 6.07) is 19.6. The Morgan fingerprint density at radius 2 is 1.64 bits per heavy atom. The van der Waals surface area contributed by atoms with Crippen LogP contribution >= 0.6 is 11.6 Å². The van der Waals surface area contributed by atoms with Gasteiger partial charge in [-0.3, -0.25) is 4.79 Å². The summed E-state index contributed by atoms with van der Waals surface area (Å²) in [7, 11) is 0. The Hall–Kier alpha value is -2.85. The van der Waals surface area contributed by atoms with Crippen molar-refractivity contribution in [2.75, 3.05) is 5.32 Å². The van der Waals surface area contributed by atoms with Crippen molar-refractivity contribution in [1.29, 1.82) is 0 Å². The number of halogens is 1. The van der Waals surface area contributed by atoms with E-state index in [1.165, 1.54) is 6.92 Å². The summed E-state index contributed by atoms with van der Waals surface area (Å²) in [6.45, 7) is 1.54. The largest absolute Gasteiger partial charge is 0.449 e. The third kappa shape index (κ3) is 3.98.